The highest BCUT2D eigenvalue weighted by Gasteiger charge is 2.08. The van der Waals surface area contributed by atoms with Gasteiger partial charge < -0.3 is 0 Å². The van der Waals surface area contributed by atoms with Crippen molar-refractivity contribution in [1.82, 2.24) is 4.72 Å². The summed E-state index contributed by atoms with van der Waals surface area (Å²) >= 11 is 0. The first-order valence-electron chi connectivity index (χ1n) is 8.46. The van der Waals surface area contributed by atoms with Gasteiger partial charge in [0.1, 0.15) is 0 Å². The SMILES string of the molecule is CCCCCCCCS(=O)(=O)NCCCCCCCC#N. The van der Waals surface area contributed by atoms with E-state index in [1.54, 1.807) is 0 Å². The number of nitrogens with zero attached hydrogens (tertiary/aromatic N) is 1. The average molecular weight is 317 g/mol. The molecule has 0 spiro atoms. The quantitative estimate of drug-likeness (QED) is 0.462. The van der Waals surface area contributed by atoms with Gasteiger partial charge >= 0.3 is 0 Å². The van der Waals surface area contributed by atoms with Crippen LogP contribution in [0.1, 0.15) is 84.0 Å². The highest BCUT2D eigenvalue weighted by molar-refractivity contribution is 7.89. The van der Waals surface area contributed by atoms with E-state index in [0.717, 1.165) is 51.4 Å². The van der Waals surface area contributed by atoms with Crippen LogP contribution in [0.4, 0.5) is 0 Å². The zero-order chi connectivity index (χ0) is 15.8. The van der Waals surface area contributed by atoms with Gasteiger partial charge in [0.2, 0.25) is 10.0 Å². The maximum atomic E-state index is 11.7. The summed E-state index contributed by atoms with van der Waals surface area (Å²) in [6, 6.07) is 2.13. The highest BCUT2D eigenvalue weighted by Crippen LogP contribution is 2.07. The predicted molar refractivity (Wildman–Crippen MR) is 88.5 cm³/mol. The second-order valence-corrected chi connectivity index (χ2v) is 7.58. The fraction of sp³-hybridized carbons (Fsp3) is 0.938. The Morgan fingerprint density at radius 2 is 1.43 bits per heavy atom. The molecule has 21 heavy (non-hydrogen) atoms. The van der Waals surface area contributed by atoms with Crippen molar-refractivity contribution in [3.8, 4) is 6.07 Å². The Labute approximate surface area is 131 Å². The third-order valence-electron chi connectivity index (χ3n) is 3.55. The summed E-state index contributed by atoms with van der Waals surface area (Å²) in [6.07, 6.45) is 12.3. The van der Waals surface area contributed by atoms with Crippen molar-refractivity contribution >= 4 is 10.0 Å². The van der Waals surface area contributed by atoms with Crippen molar-refractivity contribution in [2.45, 2.75) is 84.0 Å². The lowest BCUT2D eigenvalue weighted by molar-refractivity contribution is 0.562. The summed E-state index contributed by atoms with van der Waals surface area (Å²) in [5, 5.41) is 8.40. The van der Waals surface area contributed by atoms with Crippen LogP contribution in [0.3, 0.4) is 0 Å². The van der Waals surface area contributed by atoms with Crippen molar-refractivity contribution in [2.75, 3.05) is 12.3 Å². The van der Waals surface area contributed by atoms with E-state index in [-0.39, 0.29) is 5.75 Å². The number of rotatable bonds is 15. The van der Waals surface area contributed by atoms with Gasteiger partial charge in [0, 0.05) is 13.0 Å². The molecule has 0 atom stereocenters. The molecule has 0 bridgehead atoms. The molecule has 0 aromatic carbocycles. The van der Waals surface area contributed by atoms with Crippen molar-refractivity contribution in [3.05, 3.63) is 0 Å². The lowest BCUT2D eigenvalue weighted by Crippen LogP contribution is -2.27. The Morgan fingerprint density at radius 1 is 0.857 bits per heavy atom. The Bertz CT molecular complexity index is 361. The van der Waals surface area contributed by atoms with Crippen LogP contribution in [0.5, 0.6) is 0 Å². The molecule has 0 radical (unpaired) electrons. The Morgan fingerprint density at radius 3 is 2.10 bits per heavy atom. The number of unbranched alkanes of at least 4 members (excludes halogenated alkanes) is 10. The van der Waals surface area contributed by atoms with Gasteiger partial charge in [-0.2, -0.15) is 5.26 Å². The highest BCUT2D eigenvalue weighted by atomic mass is 32.2. The topological polar surface area (TPSA) is 70.0 Å². The predicted octanol–water partition coefficient (Wildman–Crippen LogP) is 4.13. The van der Waals surface area contributed by atoms with Gasteiger partial charge in [-0.25, -0.2) is 13.1 Å². The third-order valence-corrected chi connectivity index (χ3v) is 5.02. The molecule has 0 unspecified atom stereocenters. The molecule has 0 saturated carbocycles. The minimum Gasteiger partial charge on any atom is -0.215 e. The zero-order valence-corrected chi connectivity index (χ0v) is 14.4. The number of nitrogens with one attached hydrogen (secondary N) is 1. The second-order valence-electron chi connectivity index (χ2n) is 5.66. The molecule has 0 aromatic heterocycles. The first kappa shape index (κ1) is 20.4. The summed E-state index contributed by atoms with van der Waals surface area (Å²) < 4.78 is 26.2. The molecule has 4 nitrogen and oxygen atoms in total. The van der Waals surface area contributed by atoms with Gasteiger partial charge in [-0.1, -0.05) is 58.3 Å². The van der Waals surface area contributed by atoms with Crippen LogP contribution in [-0.2, 0) is 10.0 Å². The molecule has 0 aliphatic carbocycles. The summed E-state index contributed by atoms with van der Waals surface area (Å²) in [5.41, 5.74) is 0. The van der Waals surface area contributed by atoms with Crippen LogP contribution in [0.2, 0.25) is 0 Å². The average Bonchev–Trinajstić information content (AvgIpc) is 2.45. The molecule has 5 heteroatoms. The summed E-state index contributed by atoms with van der Waals surface area (Å²) in [6.45, 7) is 2.73. The molecule has 0 saturated heterocycles. The first-order chi connectivity index (χ1) is 10.1. The second kappa shape index (κ2) is 14.3. The van der Waals surface area contributed by atoms with E-state index in [1.807, 2.05) is 0 Å². The fourth-order valence-electron chi connectivity index (χ4n) is 2.23. The van der Waals surface area contributed by atoms with E-state index < -0.39 is 10.0 Å². The van der Waals surface area contributed by atoms with Crippen molar-refractivity contribution in [2.24, 2.45) is 0 Å². The molecule has 124 valence electrons. The molecule has 0 heterocycles. The lowest BCUT2D eigenvalue weighted by Gasteiger charge is -2.06. The number of nitriles is 1. The summed E-state index contributed by atoms with van der Waals surface area (Å²) in [4.78, 5) is 0. The van der Waals surface area contributed by atoms with Crippen molar-refractivity contribution < 1.29 is 8.42 Å². The van der Waals surface area contributed by atoms with E-state index >= 15 is 0 Å². The smallest absolute Gasteiger partial charge is 0.211 e. The number of sulfonamides is 1. The molecule has 0 aromatic rings. The molecule has 0 aliphatic rings. The van der Waals surface area contributed by atoms with E-state index in [9.17, 15) is 8.42 Å². The van der Waals surface area contributed by atoms with E-state index in [4.69, 9.17) is 5.26 Å². The van der Waals surface area contributed by atoms with Crippen LogP contribution >= 0.6 is 0 Å². The van der Waals surface area contributed by atoms with Crippen LogP contribution in [-0.4, -0.2) is 20.7 Å². The number of hydrogen-bond donors (Lipinski definition) is 1. The Kier molecular flexibility index (Phi) is 13.9. The zero-order valence-electron chi connectivity index (χ0n) is 13.6. The van der Waals surface area contributed by atoms with Gasteiger partial charge in [0.25, 0.3) is 0 Å². The minimum absolute atomic E-state index is 0.265. The Hall–Kier alpha value is -0.600. The van der Waals surface area contributed by atoms with E-state index in [2.05, 4.69) is 17.7 Å². The van der Waals surface area contributed by atoms with Crippen LogP contribution in [0.25, 0.3) is 0 Å². The van der Waals surface area contributed by atoms with Gasteiger partial charge in [0.15, 0.2) is 0 Å². The molecule has 1 N–H and O–H groups in total. The van der Waals surface area contributed by atoms with E-state index in [0.29, 0.717) is 13.0 Å². The van der Waals surface area contributed by atoms with Gasteiger partial charge in [-0.05, 0) is 19.3 Å². The molecule has 0 aliphatic heterocycles. The van der Waals surface area contributed by atoms with Crippen molar-refractivity contribution in [3.63, 3.8) is 0 Å². The largest absolute Gasteiger partial charge is 0.215 e. The van der Waals surface area contributed by atoms with Crippen molar-refractivity contribution in [1.29, 1.82) is 5.26 Å². The monoisotopic (exact) mass is 316 g/mol. The summed E-state index contributed by atoms with van der Waals surface area (Å²) in [5.74, 6) is 0.265. The van der Waals surface area contributed by atoms with Gasteiger partial charge in [-0.3, -0.25) is 0 Å². The first-order valence-corrected chi connectivity index (χ1v) is 10.1. The molecular formula is C16H32N2O2S. The Balaban J connectivity index is 3.41. The van der Waals surface area contributed by atoms with Crippen LogP contribution < -0.4 is 4.72 Å². The number of hydrogen-bond acceptors (Lipinski definition) is 3. The maximum absolute atomic E-state index is 11.7. The maximum Gasteiger partial charge on any atom is 0.211 e. The minimum atomic E-state index is -3.07. The standard InChI is InChI=1S/C16H32N2O2S/c1-2-3-4-5-10-13-16-21(19,20)18-15-12-9-7-6-8-11-14-17/h18H,2-13,15-16H2,1H3. The summed E-state index contributed by atoms with van der Waals surface area (Å²) in [7, 11) is -3.07. The lowest BCUT2D eigenvalue weighted by atomic mass is 10.1. The molecule has 0 amide bonds. The third kappa shape index (κ3) is 15.6. The van der Waals surface area contributed by atoms with E-state index in [1.165, 1.54) is 19.3 Å². The molecule has 0 fully saturated rings. The molecule has 0 rings (SSSR count). The molecular weight excluding hydrogens is 284 g/mol. The van der Waals surface area contributed by atoms with Crippen LogP contribution in [0, 0.1) is 11.3 Å². The van der Waals surface area contributed by atoms with Crippen LogP contribution in [0.15, 0.2) is 0 Å². The van der Waals surface area contributed by atoms with Gasteiger partial charge in [-0.15, -0.1) is 0 Å². The van der Waals surface area contributed by atoms with Gasteiger partial charge in [0.05, 0.1) is 11.8 Å². The normalized spacial score (nSPS) is 11.4. The fourth-order valence-corrected chi connectivity index (χ4v) is 3.42.